The lowest BCUT2D eigenvalue weighted by Gasteiger charge is -2.22. The number of rotatable bonds is 12. The van der Waals surface area contributed by atoms with Crippen molar-refractivity contribution < 1.29 is 8.42 Å². The Labute approximate surface area is 124 Å². The normalized spacial score (nSPS) is 17.6. The molecule has 0 radical (unpaired) electrons. The zero-order chi connectivity index (χ0) is 15.0. The summed E-state index contributed by atoms with van der Waals surface area (Å²) in [6.45, 7) is 6.59. The van der Waals surface area contributed by atoms with Gasteiger partial charge >= 0.3 is 0 Å². The summed E-state index contributed by atoms with van der Waals surface area (Å²) in [4.78, 5) is 0. The Kier molecular flexibility index (Phi) is 8.02. The van der Waals surface area contributed by atoms with Crippen molar-refractivity contribution in [3.8, 4) is 0 Å². The number of hydrogen-bond acceptors (Lipinski definition) is 3. The minimum atomic E-state index is -3.33. The van der Waals surface area contributed by atoms with Gasteiger partial charge in [0.05, 0.1) is 0 Å². The van der Waals surface area contributed by atoms with Gasteiger partial charge in [0.25, 0.3) is 10.2 Å². The molecular weight excluding hydrogens is 274 g/mol. The predicted molar refractivity (Wildman–Crippen MR) is 83.9 cm³/mol. The molecule has 1 atom stereocenters. The van der Waals surface area contributed by atoms with Gasteiger partial charge in [-0.2, -0.15) is 17.4 Å². The molecular formula is C14H31N3O2S. The van der Waals surface area contributed by atoms with Crippen molar-refractivity contribution in [2.24, 2.45) is 5.92 Å². The van der Waals surface area contributed by atoms with Gasteiger partial charge in [0, 0.05) is 19.6 Å². The Morgan fingerprint density at radius 2 is 1.95 bits per heavy atom. The lowest BCUT2D eigenvalue weighted by atomic mass is 10.1. The first-order valence-electron chi connectivity index (χ1n) is 7.93. The van der Waals surface area contributed by atoms with Crippen molar-refractivity contribution in [3.05, 3.63) is 0 Å². The average Bonchev–Trinajstić information content (AvgIpc) is 3.21. The second-order valence-electron chi connectivity index (χ2n) is 5.83. The molecule has 6 heteroatoms. The molecule has 1 unspecified atom stereocenters. The zero-order valence-corrected chi connectivity index (χ0v) is 14.0. The molecule has 2 N–H and O–H groups in total. The highest BCUT2D eigenvalue weighted by Crippen LogP contribution is 2.34. The highest BCUT2D eigenvalue weighted by atomic mass is 32.2. The van der Waals surface area contributed by atoms with Crippen molar-refractivity contribution in [2.45, 2.75) is 58.4 Å². The highest BCUT2D eigenvalue weighted by Gasteiger charge is 2.28. The van der Waals surface area contributed by atoms with E-state index in [1.807, 2.05) is 6.92 Å². The summed E-state index contributed by atoms with van der Waals surface area (Å²) in [5.41, 5.74) is 0. The minimum Gasteiger partial charge on any atom is -0.317 e. The van der Waals surface area contributed by atoms with Crippen LogP contribution < -0.4 is 10.0 Å². The van der Waals surface area contributed by atoms with Crippen LogP contribution in [0.5, 0.6) is 0 Å². The smallest absolute Gasteiger partial charge is 0.279 e. The molecule has 0 amide bonds. The maximum Gasteiger partial charge on any atom is 0.279 e. The van der Waals surface area contributed by atoms with Crippen LogP contribution in [0.15, 0.2) is 0 Å². The molecule has 0 aromatic rings. The molecule has 0 bridgehead atoms. The van der Waals surface area contributed by atoms with E-state index < -0.39 is 10.2 Å². The number of hydrogen-bond donors (Lipinski definition) is 2. The first-order valence-corrected chi connectivity index (χ1v) is 9.37. The van der Waals surface area contributed by atoms with Crippen LogP contribution in [0.1, 0.15) is 52.4 Å². The Hall–Kier alpha value is -0.170. The zero-order valence-electron chi connectivity index (χ0n) is 13.2. The van der Waals surface area contributed by atoms with E-state index in [1.54, 1.807) is 7.05 Å². The Morgan fingerprint density at radius 3 is 2.50 bits per heavy atom. The van der Waals surface area contributed by atoms with E-state index in [0.717, 1.165) is 44.7 Å². The quantitative estimate of drug-likeness (QED) is 0.540. The lowest BCUT2D eigenvalue weighted by molar-refractivity contribution is 0.423. The van der Waals surface area contributed by atoms with Gasteiger partial charge in [-0.15, -0.1) is 0 Å². The van der Waals surface area contributed by atoms with Gasteiger partial charge in [0.2, 0.25) is 0 Å². The topological polar surface area (TPSA) is 61.4 Å². The van der Waals surface area contributed by atoms with Crippen LogP contribution in [0.4, 0.5) is 0 Å². The maximum atomic E-state index is 12.2. The molecule has 5 nitrogen and oxygen atoms in total. The standard InChI is InChI=1S/C14H31N3O2S/c1-4-9-15-10-6-11-17(3)20(18,19)16-14(5-2)12-13-7-8-13/h13-16H,4-12H2,1-3H3. The molecule has 1 saturated carbocycles. The summed E-state index contributed by atoms with van der Waals surface area (Å²) in [5.74, 6) is 0.742. The van der Waals surface area contributed by atoms with E-state index in [2.05, 4.69) is 17.0 Å². The third kappa shape index (κ3) is 7.02. The van der Waals surface area contributed by atoms with Gasteiger partial charge in [-0.3, -0.25) is 0 Å². The molecule has 20 heavy (non-hydrogen) atoms. The summed E-state index contributed by atoms with van der Waals surface area (Å²) in [6.07, 6.45) is 6.32. The van der Waals surface area contributed by atoms with E-state index >= 15 is 0 Å². The molecule has 1 aliphatic carbocycles. The van der Waals surface area contributed by atoms with Crippen molar-refractivity contribution in [1.82, 2.24) is 14.3 Å². The van der Waals surface area contributed by atoms with Gasteiger partial charge in [0.15, 0.2) is 0 Å². The van der Waals surface area contributed by atoms with Crippen LogP contribution in [0.3, 0.4) is 0 Å². The van der Waals surface area contributed by atoms with Crippen molar-refractivity contribution in [2.75, 3.05) is 26.7 Å². The minimum absolute atomic E-state index is 0.0909. The molecule has 0 saturated heterocycles. The van der Waals surface area contributed by atoms with Gasteiger partial charge in [-0.05, 0) is 44.7 Å². The fourth-order valence-electron chi connectivity index (χ4n) is 2.20. The molecule has 1 fully saturated rings. The summed E-state index contributed by atoms with van der Waals surface area (Å²) in [6, 6.07) is 0.0909. The first kappa shape index (κ1) is 17.9. The Balaban J connectivity index is 2.29. The van der Waals surface area contributed by atoms with Gasteiger partial charge < -0.3 is 5.32 Å². The average molecular weight is 305 g/mol. The van der Waals surface area contributed by atoms with Gasteiger partial charge in [-0.25, -0.2) is 0 Å². The fraction of sp³-hybridized carbons (Fsp3) is 1.00. The summed E-state index contributed by atoms with van der Waals surface area (Å²) in [5, 5.41) is 3.29. The monoisotopic (exact) mass is 305 g/mol. The molecule has 0 aliphatic heterocycles. The molecule has 1 aliphatic rings. The van der Waals surface area contributed by atoms with Crippen molar-refractivity contribution >= 4 is 10.2 Å². The number of nitrogens with zero attached hydrogens (tertiary/aromatic N) is 1. The molecule has 0 aromatic heterocycles. The van der Waals surface area contributed by atoms with E-state index in [0.29, 0.717) is 6.54 Å². The predicted octanol–water partition coefficient (Wildman–Crippen LogP) is 1.72. The van der Waals surface area contributed by atoms with Crippen molar-refractivity contribution in [3.63, 3.8) is 0 Å². The Bertz CT molecular complexity index is 355. The second-order valence-corrected chi connectivity index (χ2v) is 7.64. The van der Waals surface area contributed by atoms with E-state index in [9.17, 15) is 8.42 Å². The van der Waals surface area contributed by atoms with Crippen LogP contribution in [0, 0.1) is 5.92 Å². The first-order chi connectivity index (χ1) is 9.49. The Morgan fingerprint density at radius 1 is 1.25 bits per heavy atom. The molecule has 0 heterocycles. The van der Waals surface area contributed by atoms with Gasteiger partial charge in [-0.1, -0.05) is 26.7 Å². The summed E-state index contributed by atoms with van der Waals surface area (Å²) < 4.78 is 28.7. The maximum absolute atomic E-state index is 12.2. The van der Waals surface area contributed by atoms with Crippen LogP contribution in [0.2, 0.25) is 0 Å². The van der Waals surface area contributed by atoms with Crippen LogP contribution in [-0.4, -0.2) is 45.4 Å². The summed E-state index contributed by atoms with van der Waals surface area (Å²) in [7, 11) is -1.67. The third-order valence-corrected chi connectivity index (χ3v) is 5.42. The van der Waals surface area contributed by atoms with Gasteiger partial charge in [0.1, 0.15) is 0 Å². The lowest BCUT2D eigenvalue weighted by Crippen LogP contribution is -2.44. The van der Waals surface area contributed by atoms with Crippen LogP contribution in [-0.2, 0) is 10.2 Å². The summed E-state index contributed by atoms with van der Waals surface area (Å²) >= 11 is 0. The largest absolute Gasteiger partial charge is 0.317 e. The molecule has 1 rings (SSSR count). The third-order valence-electron chi connectivity index (χ3n) is 3.79. The van der Waals surface area contributed by atoms with E-state index in [1.165, 1.54) is 17.1 Å². The molecule has 120 valence electrons. The second kappa shape index (κ2) is 8.97. The number of nitrogens with one attached hydrogen (secondary N) is 2. The van der Waals surface area contributed by atoms with Crippen LogP contribution in [0.25, 0.3) is 0 Å². The van der Waals surface area contributed by atoms with Crippen LogP contribution >= 0.6 is 0 Å². The van der Waals surface area contributed by atoms with E-state index in [-0.39, 0.29) is 6.04 Å². The fourth-order valence-corrected chi connectivity index (χ4v) is 3.44. The van der Waals surface area contributed by atoms with Crippen molar-refractivity contribution in [1.29, 1.82) is 0 Å². The highest BCUT2D eigenvalue weighted by molar-refractivity contribution is 7.87. The molecule has 0 spiro atoms. The SMILES string of the molecule is CCCNCCCN(C)S(=O)(=O)NC(CC)CC1CC1. The molecule has 0 aromatic carbocycles. The van der Waals surface area contributed by atoms with E-state index in [4.69, 9.17) is 0 Å².